The van der Waals surface area contributed by atoms with Crippen LogP contribution in [0.15, 0.2) is 30.3 Å². The highest BCUT2D eigenvalue weighted by Crippen LogP contribution is 2.34. The Morgan fingerprint density at radius 3 is 2.33 bits per heavy atom. The van der Waals surface area contributed by atoms with Crippen molar-refractivity contribution in [2.45, 2.75) is 19.8 Å². The van der Waals surface area contributed by atoms with E-state index in [1.54, 1.807) is 12.1 Å². The maximum absolute atomic E-state index is 12.9. The predicted molar refractivity (Wildman–Crippen MR) is 72.3 cm³/mol. The molecule has 0 aliphatic heterocycles. The zero-order chi connectivity index (χ0) is 13.3. The van der Waals surface area contributed by atoms with Gasteiger partial charge in [0.05, 0.1) is 4.88 Å². The van der Waals surface area contributed by atoms with E-state index in [0.717, 1.165) is 16.0 Å². The maximum atomic E-state index is 12.9. The fourth-order valence-electron chi connectivity index (χ4n) is 1.78. The first kappa shape index (κ1) is 12.8. The Kier molecular flexibility index (Phi) is 3.48. The van der Waals surface area contributed by atoms with Gasteiger partial charge in [0.15, 0.2) is 0 Å². The number of halogens is 1. The van der Waals surface area contributed by atoms with Crippen LogP contribution in [0.2, 0.25) is 0 Å². The lowest BCUT2D eigenvalue weighted by Crippen LogP contribution is -2.11. The number of nitrogens with two attached hydrogens (primary N) is 1. The third-order valence-corrected chi connectivity index (χ3v) is 3.95. The van der Waals surface area contributed by atoms with Crippen molar-refractivity contribution in [2.75, 3.05) is 0 Å². The number of benzene rings is 1. The molecule has 18 heavy (non-hydrogen) atoms. The first-order chi connectivity index (χ1) is 8.49. The van der Waals surface area contributed by atoms with Crippen molar-refractivity contribution < 1.29 is 9.18 Å². The number of carbonyl (C=O) groups is 1. The average molecular weight is 263 g/mol. The van der Waals surface area contributed by atoms with Gasteiger partial charge in [-0.15, -0.1) is 11.3 Å². The Bertz CT molecular complexity index is 572. The van der Waals surface area contributed by atoms with Crippen molar-refractivity contribution in [3.05, 3.63) is 46.6 Å². The van der Waals surface area contributed by atoms with Crippen LogP contribution >= 0.6 is 11.3 Å². The van der Waals surface area contributed by atoms with E-state index in [-0.39, 0.29) is 11.7 Å². The van der Waals surface area contributed by atoms with Gasteiger partial charge in [0.2, 0.25) is 0 Å². The Morgan fingerprint density at radius 1 is 1.28 bits per heavy atom. The Labute approximate surface area is 109 Å². The largest absolute Gasteiger partial charge is 0.365 e. The zero-order valence-electron chi connectivity index (χ0n) is 10.2. The first-order valence-corrected chi connectivity index (χ1v) is 6.50. The zero-order valence-corrected chi connectivity index (χ0v) is 11.1. The van der Waals surface area contributed by atoms with Crippen LogP contribution in [0.5, 0.6) is 0 Å². The SMILES string of the molecule is CC(C)c1cc(-c2ccc(F)cc2)sc1C(N)=O. The van der Waals surface area contributed by atoms with E-state index in [1.165, 1.54) is 23.5 Å². The van der Waals surface area contributed by atoms with Gasteiger partial charge in [-0.3, -0.25) is 4.79 Å². The maximum Gasteiger partial charge on any atom is 0.259 e. The molecular formula is C14H14FNOS. The van der Waals surface area contributed by atoms with Crippen LogP contribution in [0.3, 0.4) is 0 Å². The first-order valence-electron chi connectivity index (χ1n) is 5.68. The minimum absolute atomic E-state index is 0.234. The van der Waals surface area contributed by atoms with Gasteiger partial charge in [0, 0.05) is 4.88 Å². The molecule has 2 aromatic rings. The molecule has 1 amide bonds. The van der Waals surface area contributed by atoms with Crippen molar-refractivity contribution in [1.82, 2.24) is 0 Å². The van der Waals surface area contributed by atoms with E-state index in [9.17, 15) is 9.18 Å². The fraction of sp³-hybridized carbons (Fsp3) is 0.214. The third kappa shape index (κ3) is 2.43. The number of amides is 1. The molecule has 4 heteroatoms. The summed E-state index contributed by atoms with van der Waals surface area (Å²) < 4.78 is 12.9. The number of thiophene rings is 1. The second-order valence-corrected chi connectivity index (χ2v) is 5.47. The Balaban J connectivity index is 2.49. The summed E-state index contributed by atoms with van der Waals surface area (Å²) in [5.74, 6) is -0.440. The molecule has 0 radical (unpaired) electrons. The molecule has 0 aliphatic rings. The van der Waals surface area contributed by atoms with Gasteiger partial charge in [0.1, 0.15) is 5.82 Å². The van der Waals surface area contributed by atoms with E-state index < -0.39 is 5.91 Å². The predicted octanol–water partition coefficient (Wildman–Crippen LogP) is 3.78. The van der Waals surface area contributed by atoms with Crippen molar-refractivity contribution in [2.24, 2.45) is 5.73 Å². The summed E-state index contributed by atoms with van der Waals surface area (Å²) >= 11 is 1.36. The molecule has 1 aromatic heterocycles. The summed E-state index contributed by atoms with van der Waals surface area (Å²) in [5.41, 5.74) is 7.23. The smallest absolute Gasteiger partial charge is 0.259 e. The summed E-state index contributed by atoms with van der Waals surface area (Å²) in [7, 11) is 0. The molecule has 2 N–H and O–H groups in total. The molecular weight excluding hydrogens is 249 g/mol. The van der Waals surface area contributed by atoms with Crippen molar-refractivity contribution in [3.8, 4) is 10.4 Å². The van der Waals surface area contributed by atoms with Crippen LogP contribution in [-0.4, -0.2) is 5.91 Å². The van der Waals surface area contributed by atoms with Crippen LogP contribution in [0.1, 0.15) is 35.0 Å². The molecule has 0 unspecified atom stereocenters. The molecule has 0 aliphatic carbocycles. The van der Waals surface area contributed by atoms with Crippen LogP contribution in [0.4, 0.5) is 4.39 Å². The standard InChI is InChI=1S/C14H14FNOS/c1-8(2)11-7-12(18-13(11)14(16)17)9-3-5-10(15)6-4-9/h3-8H,1-2H3,(H2,16,17). The van der Waals surface area contributed by atoms with Gasteiger partial charge in [-0.2, -0.15) is 0 Å². The monoisotopic (exact) mass is 263 g/mol. The Morgan fingerprint density at radius 2 is 1.89 bits per heavy atom. The molecule has 0 atom stereocenters. The highest BCUT2D eigenvalue weighted by atomic mass is 32.1. The van der Waals surface area contributed by atoms with Gasteiger partial charge in [0.25, 0.3) is 5.91 Å². The van der Waals surface area contributed by atoms with Gasteiger partial charge < -0.3 is 5.73 Å². The summed E-state index contributed by atoms with van der Waals surface area (Å²) in [6.07, 6.45) is 0. The van der Waals surface area contributed by atoms with E-state index in [1.807, 2.05) is 19.9 Å². The highest BCUT2D eigenvalue weighted by Gasteiger charge is 2.16. The number of rotatable bonds is 3. The topological polar surface area (TPSA) is 43.1 Å². The van der Waals surface area contributed by atoms with E-state index in [2.05, 4.69) is 0 Å². The van der Waals surface area contributed by atoms with E-state index in [0.29, 0.717) is 4.88 Å². The lowest BCUT2D eigenvalue weighted by Gasteiger charge is -2.02. The second kappa shape index (κ2) is 4.90. The molecule has 2 rings (SSSR count). The van der Waals surface area contributed by atoms with Gasteiger partial charge in [-0.25, -0.2) is 4.39 Å². The number of hydrogen-bond donors (Lipinski definition) is 1. The number of carbonyl (C=O) groups excluding carboxylic acids is 1. The minimum atomic E-state index is -0.405. The molecule has 1 aromatic carbocycles. The van der Waals surface area contributed by atoms with Crippen LogP contribution < -0.4 is 5.73 Å². The van der Waals surface area contributed by atoms with Crippen LogP contribution in [0, 0.1) is 5.82 Å². The Hall–Kier alpha value is -1.68. The third-order valence-electron chi connectivity index (χ3n) is 2.74. The molecule has 0 spiro atoms. The van der Waals surface area contributed by atoms with Crippen LogP contribution in [-0.2, 0) is 0 Å². The summed E-state index contributed by atoms with van der Waals surface area (Å²) in [4.78, 5) is 12.9. The molecule has 0 saturated heterocycles. The van der Waals surface area contributed by atoms with Crippen molar-refractivity contribution in [3.63, 3.8) is 0 Å². The molecule has 94 valence electrons. The fourth-order valence-corrected chi connectivity index (χ4v) is 2.96. The molecule has 0 bridgehead atoms. The van der Waals surface area contributed by atoms with Crippen molar-refractivity contribution in [1.29, 1.82) is 0 Å². The van der Waals surface area contributed by atoms with Gasteiger partial charge in [-0.1, -0.05) is 26.0 Å². The van der Waals surface area contributed by atoms with E-state index >= 15 is 0 Å². The van der Waals surface area contributed by atoms with Gasteiger partial charge in [-0.05, 0) is 35.2 Å². The second-order valence-electron chi connectivity index (χ2n) is 4.42. The lowest BCUT2D eigenvalue weighted by molar-refractivity contribution is 0.100. The summed E-state index contributed by atoms with van der Waals surface area (Å²) in [5, 5.41) is 0. The minimum Gasteiger partial charge on any atom is -0.365 e. The molecule has 2 nitrogen and oxygen atoms in total. The molecule has 0 fully saturated rings. The summed E-state index contributed by atoms with van der Waals surface area (Å²) in [6.45, 7) is 4.03. The molecule has 0 saturated carbocycles. The average Bonchev–Trinajstić information content (AvgIpc) is 2.75. The normalized spacial score (nSPS) is 10.9. The highest BCUT2D eigenvalue weighted by molar-refractivity contribution is 7.17. The van der Waals surface area contributed by atoms with E-state index in [4.69, 9.17) is 5.73 Å². The lowest BCUT2D eigenvalue weighted by atomic mass is 10.0. The molecule has 1 heterocycles. The van der Waals surface area contributed by atoms with Gasteiger partial charge >= 0.3 is 0 Å². The summed E-state index contributed by atoms with van der Waals surface area (Å²) in [6, 6.07) is 8.19. The van der Waals surface area contributed by atoms with Crippen molar-refractivity contribution >= 4 is 17.2 Å². The van der Waals surface area contributed by atoms with Crippen LogP contribution in [0.25, 0.3) is 10.4 Å². The number of primary amides is 1. The number of hydrogen-bond acceptors (Lipinski definition) is 2. The quantitative estimate of drug-likeness (QED) is 0.899.